The normalized spacial score (nSPS) is 15.5. The van der Waals surface area contributed by atoms with Crippen molar-refractivity contribution in [2.75, 3.05) is 7.11 Å². The Labute approximate surface area is 89.0 Å². The highest BCUT2D eigenvalue weighted by Gasteiger charge is 2.05. The molecule has 0 amide bonds. The van der Waals surface area contributed by atoms with E-state index in [-0.39, 0.29) is 5.97 Å². The Kier molecular flexibility index (Phi) is 14.2. The summed E-state index contributed by atoms with van der Waals surface area (Å²) in [7, 11) is 1.35. The molecular formula is C12H26O2. The summed E-state index contributed by atoms with van der Waals surface area (Å²) in [4.78, 5) is 9.59. The molecule has 0 bridgehead atoms. The predicted octanol–water partition coefficient (Wildman–Crippen LogP) is 3.79. The molecule has 0 N–H and O–H groups in total. The zero-order valence-electron chi connectivity index (χ0n) is 10.4. The van der Waals surface area contributed by atoms with E-state index in [1.54, 1.807) is 0 Å². The molecule has 0 aromatic rings. The number of esters is 1. The van der Waals surface area contributed by atoms with Crippen molar-refractivity contribution in [3.8, 4) is 0 Å². The summed E-state index contributed by atoms with van der Waals surface area (Å²) in [6, 6.07) is 0. The monoisotopic (exact) mass is 202 g/mol. The lowest BCUT2D eigenvalue weighted by atomic mass is 9.91. The fourth-order valence-corrected chi connectivity index (χ4v) is 1.31. The third-order valence-corrected chi connectivity index (χ3v) is 2.18. The van der Waals surface area contributed by atoms with Crippen LogP contribution in [0.5, 0.6) is 0 Å². The molecule has 0 aliphatic heterocycles. The quantitative estimate of drug-likeness (QED) is 0.559. The van der Waals surface area contributed by atoms with Crippen molar-refractivity contribution < 1.29 is 9.53 Å². The van der Waals surface area contributed by atoms with Gasteiger partial charge in [-0.05, 0) is 5.92 Å². The van der Waals surface area contributed by atoms with Crippen molar-refractivity contribution in [3.05, 3.63) is 0 Å². The van der Waals surface area contributed by atoms with Crippen LogP contribution in [0.1, 0.15) is 59.8 Å². The first kappa shape index (κ1) is 15.9. The van der Waals surface area contributed by atoms with Gasteiger partial charge >= 0.3 is 5.97 Å². The molecule has 0 heterocycles. The van der Waals surface area contributed by atoms with Crippen LogP contribution in [0.4, 0.5) is 0 Å². The highest BCUT2D eigenvalue weighted by atomic mass is 16.5. The number of methoxy groups -OCH3 is 1. The lowest BCUT2D eigenvalue weighted by molar-refractivity contribution is -0.137. The molecule has 0 unspecified atom stereocenters. The molecule has 0 atom stereocenters. The van der Waals surface area contributed by atoms with Crippen LogP contribution in [-0.2, 0) is 9.53 Å². The summed E-state index contributed by atoms with van der Waals surface area (Å²) in [6.07, 6.45) is 7.44. The number of rotatable bonds is 0. The number of carbonyl (C=O) groups excluding carboxylic acids is 1. The fourth-order valence-electron chi connectivity index (χ4n) is 1.31. The number of hydrogen-bond acceptors (Lipinski definition) is 2. The predicted molar refractivity (Wildman–Crippen MR) is 61.3 cm³/mol. The van der Waals surface area contributed by atoms with Gasteiger partial charge in [0.2, 0.25) is 0 Å². The zero-order chi connectivity index (χ0) is 11.4. The molecule has 0 aromatic heterocycles. The van der Waals surface area contributed by atoms with Crippen LogP contribution < -0.4 is 0 Å². The first-order valence-corrected chi connectivity index (χ1v) is 5.71. The maximum absolute atomic E-state index is 9.59. The summed E-state index contributed by atoms with van der Waals surface area (Å²) < 4.78 is 4.11. The topological polar surface area (TPSA) is 26.3 Å². The van der Waals surface area contributed by atoms with Crippen LogP contribution in [0.15, 0.2) is 0 Å². The minimum absolute atomic E-state index is 0.245. The third-order valence-electron chi connectivity index (χ3n) is 2.18. The Morgan fingerprint density at radius 3 is 1.64 bits per heavy atom. The summed E-state index contributed by atoms with van der Waals surface area (Å²) in [5.41, 5.74) is 0. The fraction of sp³-hybridized carbons (Fsp3) is 0.917. The Morgan fingerprint density at radius 2 is 1.50 bits per heavy atom. The smallest absolute Gasteiger partial charge is 0.302 e. The lowest BCUT2D eigenvalue weighted by Gasteiger charge is -2.15. The second-order valence-electron chi connectivity index (χ2n) is 3.44. The van der Waals surface area contributed by atoms with Crippen LogP contribution in [0, 0.1) is 5.92 Å². The SMILES string of the molecule is CC.CC1CCCCC1.COC(C)=O. The molecule has 1 fully saturated rings. The van der Waals surface area contributed by atoms with E-state index in [2.05, 4.69) is 11.7 Å². The number of hydrogen-bond donors (Lipinski definition) is 0. The minimum Gasteiger partial charge on any atom is -0.469 e. The van der Waals surface area contributed by atoms with Gasteiger partial charge in [-0.2, -0.15) is 0 Å². The van der Waals surface area contributed by atoms with E-state index < -0.39 is 0 Å². The average Bonchev–Trinajstić information content (AvgIpc) is 2.23. The maximum Gasteiger partial charge on any atom is 0.302 e. The molecule has 2 nitrogen and oxygen atoms in total. The van der Waals surface area contributed by atoms with E-state index in [0.29, 0.717) is 0 Å². The molecule has 2 heteroatoms. The summed E-state index contributed by atoms with van der Waals surface area (Å²) >= 11 is 0. The van der Waals surface area contributed by atoms with Crippen LogP contribution in [0.3, 0.4) is 0 Å². The molecule has 0 aromatic carbocycles. The summed E-state index contributed by atoms with van der Waals surface area (Å²) in [6.45, 7) is 7.72. The molecule has 1 aliphatic carbocycles. The number of carbonyl (C=O) groups is 1. The van der Waals surface area contributed by atoms with Crippen molar-refractivity contribution in [1.29, 1.82) is 0 Å². The second kappa shape index (κ2) is 12.5. The molecule has 1 rings (SSSR count). The van der Waals surface area contributed by atoms with E-state index in [1.807, 2.05) is 13.8 Å². The van der Waals surface area contributed by atoms with Gasteiger partial charge in [0, 0.05) is 6.92 Å². The molecule has 1 aliphatic rings. The van der Waals surface area contributed by atoms with Gasteiger partial charge in [0.25, 0.3) is 0 Å². The van der Waals surface area contributed by atoms with E-state index in [4.69, 9.17) is 0 Å². The van der Waals surface area contributed by atoms with Gasteiger partial charge in [0.1, 0.15) is 0 Å². The van der Waals surface area contributed by atoms with Crippen molar-refractivity contribution in [3.63, 3.8) is 0 Å². The summed E-state index contributed by atoms with van der Waals surface area (Å²) in [5, 5.41) is 0. The first-order chi connectivity index (χ1) is 6.66. The zero-order valence-corrected chi connectivity index (χ0v) is 10.4. The Hall–Kier alpha value is -0.530. The van der Waals surface area contributed by atoms with E-state index >= 15 is 0 Å². The van der Waals surface area contributed by atoms with Gasteiger partial charge in [0.05, 0.1) is 7.11 Å². The van der Waals surface area contributed by atoms with E-state index in [9.17, 15) is 4.79 Å². The van der Waals surface area contributed by atoms with Crippen molar-refractivity contribution in [1.82, 2.24) is 0 Å². The highest BCUT2D eigenvalue weighted by Crippen LogP contribution is 2.21. The van der Waals surface area contributed by atoms with Gasteiger partial charge < -0.3 is 4.74 Å². The Morgan fingerprint density at radius 1 is 1.14 bits per heavy atom. The van der Waals surface area contributed by atoms with Gasteiger partial charge in [-0.3, -0.25) is 4.79 Å². The standard InChI is InChI=1S/C7H14.C3H6O2.C2H6/c1-7-5-3-2-4-6-7;1-3(4)5-2;1-2/h7H,2-6H2,1H3;1-2H3;1-2H3. The molecule has 14 heavy (non-hydrogen) atoms. The van der Waals surface area contributed by atoms with Gasteiger partial charge in [-0.1, -0.05) is 52.9 Å². The average molecular weight is 202 g/mol. The molecule has 86 valence electrons. The first-order valence-electron chi connectivity index (χ1n) is 5.71. The van der Waals surface area contributed by atoms with Crippen molar-refractivity contribution >= 4 is 5.97 Å². The van der Waals surface area contributed by atoms with Crippen molar-refractivity contribution in [2.45, 2.75) is 59.8 Å². The Bertz CT molecular complexity index is 115. The van der Waals surface area contributed by atoms with Gasteiger partial charge in [-0.15, -0.1) is 0 Å². The van der Waals surface area contributed by atoms with E-state index in [1.165, 1.54) is 46.1 Å². The summed E-state index contributed by atoms with van der Waals surface area (Å²) in [5.74, 6) is 0.791. The van der Waals surface area contributed by atoms with Gasteiger partial charge in [0.15, 0.2) is 0 Å². The highest BCUT2D eigenvalue weighted by molar-refractivity contribution is 5.65. The molecule has 1 saturated carbocycles. The lowest BCUT2D eigenvalue weighted by Crippen LogP contribution is -1.99. The van der Waals surface area contributed by atoms with Crippen LogP contribution >= 0.6 is 0 Å². The third kappa shape index (κ3) is 14.0. The largest absolute Gasteiger partial charge is 0.469 e. The maximum atomic E-state index is 9.59. The van der Waals surface area contributed by atoms with E-state index in [0.717, 1.165) is 5.92 Å². The van der Waals surface area contributed by atoms with Gasteiger partial charge in [-0.25, -0.2) is 0 Å². The number of ether oxygens (including phenoxy) is 1. The minimum atomic E-state index is -0.245. The van der Waals surface area contributed by atoms with Crippen molar-refractivity contribution in [2.24, 2.45) is 5.92 Å². The Balaban J connectivity index is 0. The van der Waals surface area contributed by atoms with Crippen LogP contribution in [0.25, 0.3) is 0 Å². The molecule has 0 saturated heterocycles. The molecular weight excluding hydrogens is 176 g/mol. The molecule has 0 radical (unpaired) electrons. The second-order valence-corrected chi connectivity index (χ2v) is 3.44. The molecule has 0 spiro atoms. The van der Waals surface area contributed by atoms with Crippen LogP contribution in [0.2, 0.25) is 0 Å². The van der Waals surface area contributed by atoms with Crippen LogP contribution in [-0.4, -0.2) is 13.1 Å².